The number of benzene rings is 1. The molecule has 122 valence electrons. The van der Waals surface area contributed by atoms with E-state index >= 15 is 0 Å². The SMILES string of the molecule is COCc1cc(C(=O)Nc2ccccc2C(=O)NCCN)no1. The average Bonchev–Trinajstić information content (AvgIpc) is 3.02. The van der Waals surface area contributed by atoms with Crippen molar-refractivity contribution >= 4 is 17.5 Å². The monoisotopic (exact) mass is 318 g/mol. The van der Waals surface area contributed by atoms with Gasteiger partial charge < -0.3 is 25.6 Å². The van der Waals surface area contributed by atoms with E-state index in [4.69, 9.17) is 15.0 Å². The van der Waals surface area contributed by atoms with E-state index in [0.717, 1.165) is 0 Å². The number of methoxy groups -OCH3 is 1. The summed E-state index contributed by atoms with van der Waals surface area (Å²) < 4.78 is 9.86. The molecule has 8 heteroatoms. The van der Waals surface area contributed by atoms with Crippen LogP contribution in [0.15, 0.2) is 34.9 Å². The van der Waals surface area contributed by atoms with E-state index in [1.165, 1.54) is 13.2 Å². The maximum absolute atomic E-state index is 12.2. The van der Waals surface area contributed by atoms with Gasteiger partial charge in [0.25, 0.3) is 11.8 Å². The zero-order valence-electron chi connectivity index (χ0n) is 12.7. The minimum Gasteiger partial charge on any atom is -0.377 e. The van der Waals surface area contributed by atoms with Crippen LogP contribution in [0.4, 0.5) is 5.69 Å². The van der Waals surface area contributed by atoms with Crippen LogP contribution < -0.4 is 16.4 Å². The lowest BCUT2D eigenvalue weighted by atomic mass is 10.1. The van der Waals surface area contributed by atoms with E-state index in [0.29, 0.717) is 30.1 Å². The van der Waals surface area contributed by atoms with E-state index < -0.39 is 5.91 Å². The van der Waals surface area contributed by atoms with Crippen molar-refractivity contribution in [1.82, 2.24) is 10.5 Å². The highest BCUT2D eigenvalue weighted by molar-refractivity contribution is 6.08. The van der Waals surface area contributed by atoms with Gasteiger partial charge in [-0.15, -0.1) is 0 Å². The highest BCUT2D eigenvalue weighted by atomic mass is 16.5. The lowest BCUT2D eigenvalue weighted by Gasteiger charge is -2.10. The molecule has 1 aromatic heterocycles. The van der Waals surface area contributed by atoms with Gasteiger partial charge in [0.2, 0.25) is 0 Å². The van der Waals surface area contributed by atoms with Crippen LogP contribution in [0.3, 0.4) is 0 Å². The molecule has 0 bridgehead atoms. The fourth-order valence-corrected chi connectivity index (χ4v) is 1.89. The van der Waals surface area contributed by atoms with Crippen molar-refractivity contribution in [3.8, 4) is 0 Å². The minimum absolute atomic E-state index is 0.106. The topological polar surface area (TPSA) is 119 Å². The Bertz CT molecular complexity index is 684. The molecule has 0 atom stereocenters. The molecule has 1 heterocycles. The molecule has 2 amide bonds. The summed E-state index contributed by atoms with van der Waals surface area (Å²) in [5.74, 6) is -0.353. The van der Waals surface area contributed by atoms with Crippen LogP contribution >= 0.6 is 0 Å². The number of nitrogens with two attached hydrogens (primary N) is 1. The Labute approximate surface area is 133 Å². The molecule has 0 aliphatic heterocycles. The molecule has 2 rings (SSSR count). The fourth-order valence-electron chi connectivity index (χ4n) is 1.89. The van der Waals surface area contributed by atoms with Gasteiger partial charge in [0, 0.05) is 26.3 Å². The lowest BCUT2D eigenvalue weighted by Crippen LogP contribution is -2.30. The molecule has 0 saturated heterocycles. The third-order valence-electron chi connectivity index (χ3n) is 2.93. The number of rotatable bonds is 7. The lowest BCUT2D eigenvalue weighted by molar-refractivity contribution is 0.0955. The first-order chi connectivity index (χ1) is 11.2. The molecule has 0 unspecified atom stereocenters. The summed E-state index contributed by atoms with van der Waals surface area (Å²) in [6, 6.07) is 8.15. The second-order valence-electron chi connectivity index (χ2n) is 4.66. The van der Waals surface area contributed by atoms with Gasteiger partial charge in [0.05, 0.1) is 11.3 Å². The Morgan fingerprint density at radius 1 is 1.30 bits per heavy atom. The highest BCUT2D eigenvalue weighted by Crippen LogP contribution is 2.16. The number of anilines is 1. The number of hydrogen-bond donors (Lipinski definition) is 3. The van der Waals surface area contributed by atoms with Gasteiger partial charge >= 0.3 is 0 Å². The van der Waals surface area contributed by atoms with Crippen LogP contribution in [0.1, 0.15) is 26.6 Å². The first kappa shape index (κ1) is 16.7. The van der Waals surface area contributed by atoms with E-state index in [-0.39, 0.29) is 18.2 Å². The van der Waals surface area contributed by atoms with Crippen LogP contribution in [0, 0.1) is 0 Å². The number of amides is 2. The molecule has 0 radical (unpaired) electrons. The third-order valence-corrected chi connectivity index (χ3v) is 2.93. The number of nitrogens with zero attached hydrogens (tertiary/aromatic N) is 1. The summed E-state index contributed by atoms with van der Waals surface area (Å²) in [5, 5.41) is 8.97. The maximum Gasteiger partial charge on any atom is 0.277 e. The number of nitrogens with one attached hydrogen (secondary N) is 2. The van der Waals surface area contributed by atoms with Crippen LogP contribution in [-0.2, 0) is 11.3 Å². The molecule has 0 aliphatic rings. The van der Waals surface area contributed by atoms with Gasteiger partial charge in [-0.05, 0) is 12.1 Å². The first-order valence-corrected chi connectivity index (χ1v) is 6.99. The second-order valence-corrected chi connectivity index (χ2v) is 4.66. The summed E-state index contributed by atoms with van der Waals surface area (Å²) in [5.41, 5.74) is 6.19. The Morgan fingerprint density at radius 2 is 2.09 bits per heavy atom. The van der Waals surface area contributed by atoms with Crippen molar-refractivity contribution in [3.05, 3.63) is 47.3 Å². The minimum atomic E-state index is -0.477. The molecule has 0 spiro atoms. The molecule has 0 saturated carbocycles. The highest BCUT2D eigenvalue weighted by Gasteiger charge is 2.16. The van der Waals surface area contributed by atoms with Crippen molar-refractivity contribution in [1.29, 1.82) is 0 Å². The first-order valence-electron chi connectivity index (χ1n) is 6.99. The van der Waals surface area contributed by atoms with E-state index in [1.807, 2.05) is 0 Å². The molecule has 0 aliphatic carbocycles. The predicted molar refractivity (Wildman–Crippen MR) is 83.0 cm³/mol. The summed E-state index contributed by atoms with van der Waals surface area (Å²) in [6.45, 7) is 0.907. The molecule has 2 aromatic rings. The largest absolute Gasteiger partial charge is 0.377 e. The standard InChI is InChI=1S/C15H18N4O4/c1-22-9-10-8-13(19-23-10)15(21)18-12-5-3-2-4-11(12)14(20)17-7-6-16/h2-5,8H,6-7,9,16H2,1H3,(H,17,20)(H,18,21). The number of carbonyl (C=O) groups is 2. The zero-order valence-corrected chi connectivity index (χ0v) is 12.7. The van der Waals surface area contributed by atoms with Gasteiger partial charge in [-0.3, -0.25) is 9.59 Å². The molecule has 8 nitrogen and oxygen atoms in total. The van der Waals surface area contributed by atoms with Crippen molar-refractivity contribution in [3.63, 3.8) is 0 Å². The van der Waals surface area contributed by atoms with Crippen molar-refractivity contribution in [2.24, 2.45) is 5.73 Å². The van der Waals surface area contributed by atoms with Crippen LogP contribution in [-0.4, -0.2) is 37.2 Å². The summed E-state index contributed by atoms with van der Waals surface area (Å²) in [7, 11) is 1.51. The van der Waals surface area contributed by atoms with Crippen molar-refractivity contribution in [2.45, 2.75) is 6.61 Å². The number of aromatic nitrogens is 1. The van der Waals surface area contributed by atoms with E-state index in [9.17, 15) is 9.59 Å². The van der Waals surface area contributed by atoms with Crippen molar-refractivity contribution < 1.29 is 18.8 Å². The molecule has 0 fully saturated rings. The van der Waals surface area contributed by atoms with Crippen LogP contribution in [0.25, 0.3) is 0 Å². The number of ether oxygens (including phenoxy) is 1. The van der Waals surface area contributed by atoms with E-state index in [2.05, 4.69) is 15.8 Å². The zero-order chi connectivity index (χ0) is 16.7. The number of carbonyl (C=O) groups excluding carboxylic acids is 2. The summed E-state index contributed by atoms with van der Waals surface area (Å²) in [6.07, 6.45) is 0. The van der Waals surface area contributed by atoms with E-state index in [1.54, 1.807) is 24.3 Å². The number of hydrogen-bond acceptors (Lipinski definition) is 6. The smallest absolute Gasteiger partial charge is 0.277 e. The Hall–Kier alpha value is -2.71. The quantitative estimate of drug-likeness (QED) is 0.693. The Kier molecular flexibility index (Phi) is 5.84. The fraction of sp³-hybridized carbons (Fsp3) is 0.267. The van der Waals surface area contributed by atoms with Crippen molar-refractivity contribution in [2.75, 3.05) is 25.5 Å². The molecule has 4 N–H and O–H groups in total. The maximum atomic E-state index is 12.2. The molecule has 23 heavy (non-hydrogen) atoms. The third kappa shape index (κ3) is 4.38. The van der Waals surface area contributed by atoms with Gasteiger partial charge in [-0.1, -0.05) is 17.3 Å². The Morgan fingerprint density at radius 3 is 2.83 bits per heavy atom. The number of para-hydroxylation sites is 1. The normalized spacial score (nSPS) is 10.3. The summed E-state index contributed by atoms with van der Waals surface area (Å²) >= 11 is 0. The van der Waals surface area contributed by atoms with Gasteiger partial charge in [0.1, 0.15) is 6.61 Å². The summed E-state index contributed by atoms with van der Waals surface area (Å²) in [4.78, 5) is 24.3. The predicted octanol–water partition coefficient (Wildman–Crippen LogP) is 0.762. The molecule has 1 aromatic carbocycles. The van der Waals surface area contributed by atoms with Crippen LogP contribution in [0.5, 0.6) is 0 Å². The van der Waals surface area contributed by atoms with Crippen LogP contribution in [0.2, 0.25) is 0 Å². The van der Waals surface area contributed by atoms with Gasteiger partial charge in [-0.2, -0.15) is 0 Å². The molecular formula is C15H18N4O4. The average molecular weight is 318 g/mol. The molecular weight excluding hydrogens is 300 g/mol. The van der Waals surface area contributed by atoms with Gasteiger partial charge in [-0.25, -0.2) is 0 Å². The Balaban J connectivity index is 2.12. The second kappa shape index (κ2) is 8.06. The van der Waals surface area contributed by atoms with Gasteiger partial charge in [0.15, 0.2) is 11.5 Å².